The number of urea groups is 1. The Morgan fingerprint density at radius 3 is 2.65 bits per heavy atom. The summed E-state index contributed by atoms with van der Waals surface area (Å²) in [6, 6.07) is 3.21. The molecule has 0 saturated heterocycles. The second-order valence-corrected chi connectivity index (χ2v) is 5.01. The van der Waals surface area contributed by atoms with Crippen molar-refractivity contribution in [2.24, 2.45) is 7.05 Å². The minimum atomic E-state index is -0.286. The molecule has 1 aromatic heterocycles. The van der Waals surface area contributed by atoms with E-state index < -0.39 is 0 Å². The molecule has 5 nitrogen and oxygen atoms in total. The van der Waals surface area contributed by atoms with Crippen molar-refractivity contribution in [2.75, 3.05) is 0 Å². The highest BCUT2D eigenvalue weighted by molar-refractivity contribution is 5.74. The van der Waals surface area contributed by atoms with Gasteiger partial charge in [0.2, 0.25) is 0 Å². The third kappa shape index (κ3) is 4.30. The van der Waals surface area contributed by atoms with E-state index in [1.165, 1.54) is 4.57 Å². The highest BCUT2D eigenvalue weighted by atomic mass is 16.2. The van der Waals surface area contributed by atoms with Gasteiger partial charge < -0.3 is 15.2 Å². The van der Waals surface area contributed by atoms with Gasteiger partial charge in [0.05, 0.1) is 0 Å². The number of hydrogen-bond acceptors (Lipinski definition) is 2. The summed E-state index contributed by atoms with van der Waals surface area (Å²) in [6.07, 6.45) is 1.68. The van der Waals surface area contributed by atoms with Crippen LogP contribution >= 0.6 is 0 Å². The number of pyridine rings is 1. The molecule has 0 aliphatic heterocycles. The second kappa shape index (κ2) is 5.03. The molecular weight excluding hydrogens is 218 g/mol. The molecule has 1 rings (SSSR count). The van der Waals surface area contributed by atoms with E-state index >= 15 is 0 Å². The van der Waals surface area contributed by atoms with Crippen LogP contribution in [0, 0.1) is 0 Å². The van der Waals surface area contributed by atoms with E-state index in [1.54, 1.807) is 25.4 Å². The lowest BCUT2D eigenvalue weighted by atomic mass is 10.1. The predicted molar refractivity (Wildman–Crippen MR) is 66.8 cm³/mol. The number of carbonyl (C=O) groups excluding carboxylic acids is 1. The van der Waals surface area contributed by atoms with Crippen LogP contribution in [0.3, 0.4) is 0 Å². The van der Waals surface area contributed by atoms with Crippen molar-refractivity contribution in [3.63, 3.8) is 0 Å². The maximum absolute atomic E-state index is 11.7. The summed E-state index contributed by atoms with van der Waals surface area (Å²) in [7, 11) is 1.68. The number of rotatable bonds is 2. The van der Waals surface area contributed by atoms with Crippen molar-refractivity contribution in [1.29, 1.82) is 0 Å². The molecule has 2 amide bonds. The molecule has 1 aromatic rings. The first kappa shape index (κ1) is 13.3. The Kier molecular flexibility index (Phi) is 3.93. The number of carbonyl (C=O) groups is 1. The molecule has 0 bridgehead atoms. The molecule has 0 unspecified atom stereocenters. The van der Waals surface area contributed by atoms with Crippen molar-refractivity contribution >= 4 is 6.03 Å². The molecule has 0 aliphatic carbocycles. The molecular formula is C12H19N3O2. The van der Waals surface area contributed by atoms with Crippen LogP contribution in [0.15, 0.2) is 23.1 Å². The zero-order valence-corrected chi connectivity index (χ0v) is 10.7. The van der Waals surface area contributed by atoms with Crippen molar-refractivity contribution in [2.45, 2.75) is 32.9 Å². The minimum absolute atomic E-state index is 0.0939. The Balaban J connectivity index is 2.60. The van der Waals surface area contributed by atoms with Gasteiger partial charge in [-0.05, 0) is 26.8 Å². The Hall–Kier alpha value is -1.78. The van der Waals surface area contributed by atoms with Gasteiger partial charge in [-0.1, -0.05) is 6.07 Å². The quantitative estimate of drug-likeness (QED) is 0.805. The largest absolute Gasteiger partial charge is 0.334 e. The van der Waals surface area contributed by atoms with Crippen molar-refractivity contribution in [3.8, 4) is 0 Å². The fourth-order valence-electron chi connectivity index (χ4n) is 1.35. The summed E-state index contributed by atoms with van der Waals surface area (Å²) >= 11 is 0. The van der Waals surface area contributed by atoms with Crippen LogP contribution in [0.25, 0.3) is 0 Å². The summed E-state index contributed by atoms with van der Waals surface area (Å²) in [5.41, 5.74) is 0.189. The molecule has 0 fully saturated rings. The average molecular weight is 237 g/mol. The molecule has 1 heterocycles. The number of nitrogens with one attached hydrogen (secondary N) is 2. The van der Waals surface area contributed by atoms with Gasteiger partial charge in [0.25, 0.3) is 5.56 Å². The highest BCUT2D eigenvalue weighted by Crippen LogP contribution is 1.98. The van der Waals surface area contributed by atoms with Gasteiger partial charge in [0.1, 0.15) is 0 Å². The van der Waals surface area contributed by atoms with Gasteiger partial charge in [-0.3, -0.25) is 4.79 Å². The van der Waals surface area contributed by atoms with Crippen LogP contribution in [0.2, 0.25) is 0 Å². The Morgan fingerprint density at radius 2 is 2.06 bits per heavy atom. The molecule has 94 valence electrons. The van der Waals surface area contributed by atoms with E-state index in [4.69, 9.17) is 0 Å². The summed E-state index contributed by atoms with van der Waals surface area (Å²) in [5.74, 6) is 0. The molecule has 0 radical (unpaired) electrons. The lowest BCUT2D eigenvalue weighted by molar-refractivity contribution is 0.231. The lowest BCUT2D eigenvalue weighted by Gasteiger charge is -2.20. The van der Waals surface area contributed by atoms with E-state index in [0.717, 1.165) is 0 Å². The average Bonchev–Trinajstić information content (AvgIpc) is 2.18. The summed E-state index contributed by atoms with van der Waals surface area (Å²) < 4.78 is 1.48. The molecule has 17 heavy (non-hydrogen) atoms. The van der Waals surface area contributed by atoms with Gasteiger partial charge in [-0.25, -0.2) is 4.79 Å². The topological polar surface area (TPSA) is 63.1 Å². The molecule has 2 N–H and O–H groups in total. The maximum atomic E-state index is 11.7. The van der Waals surface area contributed by atoms with E-state index in [2.05, 4.69) is 10.6 Å². The Bertz CT molecular complexity index is 458. The number of aryl methyl sites for hydroxylation is 1. The third-order valence-corrected chi connectivity index (χ3v) is 2.13. The third-order valence-electron chi connectivity index (χ3n) is 2.13. The Labute approximate surface area is 101 Å². The first-order chi connectivity index (χ1) is 7.79. The van der Waals surface area contributed by atoms with E-state index in [1.807, 2.05) is 20.8 Å². The summed E-state index contributed by atoms with van der Waals surface area (Å²) in [5, 5.41) is 5.42. The zero-order chi connectivity index (χ0) is 13.1. The number of nitrogens with zero attached hydrogens (tertiary/aromatic N) is 1. The molecule has 0 atom stereocenters. The highest BCUT2D eigenvalue weighted by Gasteiger charge is 2.13. The van der Waals surface area contributed by atoms with Crippen LogP contribution in [0.4, 0.5) is 4.79 Å². The fourth-order valence-corrected chi connectivity index (χ4v) is 1.35. The van der Waals surface area contributed by atoms with Gasteiger partial charge in [-0.2, -0.15) is 0 Å². The summed E-state index contributed by atoms with van der Waals surface area (Å²) in [6.45, 7) is 5.92. The number of aromatic nitrogens is 1. The number of amides is 2. The van der Waals surface area contributed by atoms with Gasteiger partial charge in [-0.15, -0.1) is 0 Å². The smallest absolute Gasteiger partial charge is 0.315 e. The fraction of sp³-hybridized carbons (Fsp3) is 0.500. The lowest BCUT2D eigenvalue weighted by Crippen LogP contribution is -2.46. The van der Waals surface area contributed by atoms with E-state index in [-0.39, 0.29) is 23.7 Å². The maximum Gasteiger partial charge on any atom is 0.315 e. The minimum Gasteiger partial charge on any atom is -0.334 e. The zero-order valence-electron chi connectivity index (χ0n) is 10.7. The van der Waals surface area contributed by atoms with Crippen molar-refractivity contribution < 1.29 is 4.79 Å². The normalized spacial score (nSPS) is 11.1. The standard InChI is InChI=1S/C12H19N3O2/c1-12(2,3)14-11(17)13-8-9-6-5-7-15(4)10(9)16/h5-7H,8H2,1-4H3,(H2,13,14,17). The van der Waals surface area contributed by atoms with Crippen molar-refractivity contribution in [1.82, 2.24) is 15.2 Å². The number of hydrogen-bond donors (Lipinski definition) is 2. The predicted octanol–water partition coefficient (Wildman–Crippen LogP) is 0.983. The Morgan fingerprint density at radius 1 is 1.41 bits per heavy atom. The van der Waals surface area contributed by atoms with E-state index in [0.29, 0.717) is 5.56 Å². The van der Waals surface area contributed by atoms with Crippen LogP contribution < -0.4 is 16.2 Å². The molecule has 0 saturated carbocycles. The first-order valence-electron chi connectivity index (χ1n) is 5.50. The van der Waals surface area contributed by atoms with Gasteiger partial charge in [0.15, 0.2) is 0 Å². The van der Waals surface area contributed by atoms with Crippen LogP contribution in [-0.2, 0) is 13.6 Å². The van der Waals surface area contributed by atoms with E-state index in [9.17, 15) is 9.59 Å². The first-order valence-corrected chi connectivity index (χ1v) is 5.50. The monoisotopic (exact) mass is 237 g/mol. The van der Waals surface area contributed by atoms with Crippen LogP contribution in [0.5, 0.6) is 0 Å². The molecule has 0 spiro atoms. The second-order valence-electron chi connectivity index (χ2n) is 5.01. The van der Waals surface area contributed by atoms with Gasteiger partial charge in [0, 0.05) is 30.9 Å². The van der Waals surface area contributed by atoms with Crippen LogP contribution in [-0.4, -0.2) is 16.1 Å². The molecule has 0 aliphatic rings. The SMILES string of the molecule is Cn1cccc(CNC(=O)NC(C)(C)C)c1=O. The molecule has 5 heteroatoms. The van der Waals surface area contributed by atoms with Crippen molar-refractivity contribution in [3.05, 3.63) is 34.2 Å². The van der Waals surface area contributed by atoms with Gasteiger partial charge >= 0.3 is 6.03 Å². The summed E-state index contributed by atoms with van der Waals surface area (Å²) in [4.78, 5) is 23.2. The molecule has 0 aromatic carbocycles. The van der Waals surface area contributed by atoms with Crippen LogP contribution in [0.1, 0.15) is 26.3 Å².